The van der Waals surface area contributed by atoms with E-state index in [1.54, 1.807) is 25.1 Å². The Labute approximate surface area is 126 Å². The van der Waals surface area contributed by atoms with E-state index in [1.165, 1.54) is 12.5 Å². The van der Waals surface area contributed by atoms with Crippen molar-refractivity contribution in [3.8, 4) is 0 Å². The molecule has 6 nitrogen and oxygen atoms in total. The standard InChI is InChI=1S/C14H14ClN3O3/c1-8-4-9(2-3-11(8)15)13(19)18-12(14(20)21)5-10-6-16-7-17-10/h2-4,6-7,12H,5H2,1H3,(H,16,17)(H,18,19)(H,20,21)/t12-/m0/s1. The summed E-state index contributed by atoms with van der Waals surface area (Å²) in [6, 6.07) is 3.75. The summed E-state index contributed by atoms with van der Waals surface area (Å²) in [7, 11) is 0. The van der Waals surface area contributed by atoms with Crippen LogP contribution in [0.15, 0.2) is 30.7 Å². The van der Waals surface area contributed by atoms with E-state index < -0.39 is 17.9 Å². The Morgan fingerprint density at radius 2 is 2.24 bits per heavy atom. The number of halogens is 1. The number of carboxylic acid groups (broad SMARTS) is 1. The zero-order chi connectivity index (χ0) is 15.4. The van der Waals surface area contributed by atoms with Crippen LogP contribution in [-0.2, 0) is 11.2 Å². The van der Waals surface area contributed by atoms with Gasteiger partial charge >= 0.3 is 5.97 Å². The Bertz CT molecular complexity index is 655. The maximum absolute atomic E-state index is 12.1. The molecule has 2 rings (SSSR count). The number of aryl methyl sites for hydroxylation is 1. The maximum Gasteiger partial charge on any atom is 0.326 e. The summed E-state index contributed by atoms with van der Waals surface area (Å²) in [6.45, 7) is 1.78. The fourth-order valence-corrected chi connectivity index (χ4v) is 1.96. The number of hydrogen-bond acceptors (Lipinski definition) is 3. The number of aromatic amines is 1. The van der Waals surface area contributed by atoms with Crippen molar-refractivity contribution in [1.82, 2.24) is 15.3 Å². The van der Waals surface area contributed by atoms with Gasteiger partial charge in [0.15, 0.2) is 0 Å². The Hall–Kier alpha value is -2.34. The summed E-state index contributed by atoms with van der Waals surface area (Å²) in [5.74, 6) is -1.56. The van der Waals surface area contributed by atoms with E-state index in [1.807, 2.05) is 0 Å². The van der Waals surface area contributed by atoms with Crippen molar-refractivity contribution < 1.29 is 14.7 Å². The van der Waals surface area contributed by atoms with E-state index in [2.05, 4.69) is 15.3 Å². The molecule has 0 radical (unpaired) electrons. The van der Waals surface area contributed by atoms with Crippen LogP contribution in [0.2, 0.25) is 5.02 Å². The van der Waals surface area contributed by atoms with Gasteiger partial charge in [-0.15, -0.1) is 0 Å². The highest BCUT2D eigenvalue weighted by Gasteiger charge is 2.21. The minimum absolute atomic E-state index is 0.133. The van der Waals surface area contributed by atoms with Gasteiger partial charge in [-0.3, -0.25) is 4.79 Å². The van der Waals surface area contributed by atoms with E-state index in [0.29, 0.717) is 16.3 Å². The molecule has 0 bridgehead atoms. The molecule has 0 aliphatic rings. The van der Waals surface area contributed by atoms with Gasteiger partial charge in [0.1, 0.15) is 6.04 Å². The smallest absolute Gasteiger partial charge is 0.326 e. The molecule has 2 aromatic rings. The summed E-state index contributed by atoms with van der Waals surface area (Å²) in [6.07, 6.45) is 3.11. The number of amides is 1. The number of rotatable bonds is 5. The monoisotopic (exact) mass is 307 g/mol. The van der Waals surface area contributed by atoms with Gasteiger partial charge < -0.3 is 15.4 Å². The van der Waals surface area contributed by atoms with Crippen LogP contribution in [-0.4, -0.2) is 33.0 Å². The summed E-state index contributed by atoms with van der Waals surface area (Å²) in [5.41, 5.74) is 1.76. The molecule has 21 heavy (non-hydrogen) atoms. The lowest BCUT2D eigenvalue weighted by Gasteiger charge is -2.14. The van der Waals surface area contributed by atoms with Crippen LogP contribution in [0.4, 0.5) is 0 Å². The zero-order valence-electron chi connectivity index (χ0n) is 11.3. The molecule has 3 N–H and O–H groups in total. The Kier molecular flexibility index (Phi) is 4.59. The molecule has 1 aromatic carbocycles. The van der Waals surface area contributed by atoms with E-state index in [4.69, 9.17) is 11.6 Å². The van der Waals surface area contributed by atoms with E-state index >= 15 is 0 Å². The second-order valence-electron chi connectivity index (χ2n) is 4.61. The average Bonchev–Trinajstić information content (AvgIpc) is 2.93. The number of aromatic nitrogens is 2. The number of carboxylic acids is 1. The van der Waals surface area contributed by atoms with Gasteiger partial charge in [0, 0.05) is 28.9 Å². The summed E-state index contributed by atoms with van der Waals surface area (Å²) in [4.78, 5) is 30.0. The number of nitrogens with zero attached hydrogens (tertiary/aromatic N) is 1. The van der Waals surface area contributed by atoms with Crippen LogP contribution < -0.4 is 5.32 Å². The topological polar surface area (TPSA) is 95.1 Å². The first-order valence-electron chi connectivity index (χ1n) is 6.24. The summed E-state index contributed by atoms with van der Waals surface area (Å²) < 4.78 is 0. The first-order chi connectivity index (χ1) is 9.97. The molecule has 0 aliphatic carbocycles. The van der Waals surface area contributed by atoms with Crippen molar-refractivity contribution in [1.29, 1.82) is 0 Å². The van der Waals surface area contributed by atoms with E-state index in [9.17, 15) is 14.7 Å². The number of imidazole rings is 1. The molecule has 0 spiro atoms. The van der Waals surface area contributed by atoms with Crippen molar-refractivity contribution in [2.24, 2.45) is 0 Å². The number of carbonyl (C=O) groups is 2. The molecule has 1 atom stereocenters. The van der Waals surface area contributed by atoms with E-state index in [-0.39, 0.29) is 6.42 Å². The van der Waals surface area contributed by atoms with Crippen LogP contribution in [0.25, 0.3) is 0 Å². The van der Waals surface area contributed by atoms with Gasteiger partial charge in [-0.2, -0.15) is 0 Å². The molecule has 0 fully saturated rings. The molecule has 0 aliphatic heterocycles. The normalized spacial score (nSPS) is 11.9. The third kappa shape index (κ3) is 3.82. The van der Waals surface area contributed by atoms with Gasteiger partial charge in [0.2, 0.25) is 0 Å². The number of H-pyrrole nitrogens is 1. The summed E-state index contributed by atoms with van der Waals surface area (Å²) >= 11 is 5.90. The Morgan fingerprint density at radius 3 is 2.81 bits per heavy atom. The number of carbonyl (C=O) groups excluding carboxylic acids is 1. The van der Waals surface area contributed by atoms with Crippen molar-refractivity contribution in [2.45, 2.75) is 19.4 Å². The van der Waals surface area contributed by atoms with E-state index in [0.717, 1.165) is 5.56 Å². The van der Waals surface area contributed by atoms with Crippen molar-refractivity contribution in [3.63, 3.8) is 0 Å². The molecule has 1 amide bonds. The van der Waals surface area contributed by atoms with Gasteiger partial charge in [0.25, 0.3) is 5.91 Å². The van der Waals surface area contributed by atoms with Crippen LogP contribution >= 0.6 is 11.6 Å². The lowest BCUT2D eigenvalue weighted by Crippen LogP contribution is -2.42. The second kappa shape index (κ2) is 6.41. The van der Waals surface area contributed by atoms with Crippen molar-refractivity contribution in [3.05, 3.63) is 52.6 Å². The van der Waals surface area contributed by atoms with Crippen molar-refractivity contribution >= 4 is 23.5 Å². The number of benzene rings is 1. The fourth-order valence-electron chi connectivity index (χ4n) is 1.84. The number of aliphatic carboxylic acids is 1. The SMILES string of the molecule is Cc1cc(C(=O)N[C@@H](Cc2cnc[nH]2)C(=O)O)ccc1Cl. The quantitative estimate of drug-likeness (QED) is 0.785. The van der Waals surface area contributed by atoms with Crippen LogP contribution in [0.3, 0.4) is 0 Å². The molecule has 1 heterocycles. The molecule has 1 aromatic heterocycles. The molecular weight excluding hydrogens is 294 g/mol. The molecular formula is C14H14ClN3O3. The Morgan fingerprint density at radius 1 is 1.48 bits per heavy atom. The minimum Gasteiger partial charge on any atom is -0.480 e. The molecule has 0 unspecified atom stereocenters. The molecule has 7 heteroatoms. The first kappa shape index (κ1) is 15.1. The highest BCUT2D eigenvalue weighted by atomic mass is 35.5. The van der Waals surface area contributed by atoms with Crippen LogP contribution in [0.1, 0.15) is 21.6 Å². The largest absolute Gasteiger partial charge is 0.480 e. The predicted octanol–water partition coefficient (Wildman–Crippen LogP) is 1.80. The summed E-state index contributed by atoms with van der Waals surface area (Å²) in [5, 5.41) is 12.2. The zero-order valence-corrected chi connectivity index (χ0v) is 12.0. The molecule has 110 valence electrons. The maximum atomic E-state index is 12.1. The van der Waals surface area contributed by atoms with Crippen molar-refractivity contribution in [2.75, 3.05) is 0 Å². The second-order valence-corrected chi connectivity index (χ2v) is 5.02. The third-order valence-electron chi connectivity index (χ3n) is 3.00. The van der Waals surface area contributed by atoms with Gasteiger partial charge in [-0.1, -0.05) is 11.6 Å². The molecule has 0 saturated carbocycles. The van der Waals surface area contributed by atoms with Crippen LogP contribution in [0.5, 0.6) is 0 Å². The average molecular weight is 308 g/mol. The molecule has 0 saturated heterocycles. The van der Waals surface area contributed by atoms with Crippen LogP contribution in [0, 0.1) is 6.92 Å². The fraction of sp³-hybridized carbons (Fsp3) is 0.214. The highest BCUT2D eigenvalue weighted by molar-refractivity contribution is 6.31. The van der Waals surface area contributed by atoms with Gasteiger partial charge in [0.05, 0.1) is 6.33 Å². The number of hydrogen-bond donors (Lipinski definition) is 3. The van der Waals surface area contributed by atoms with Gasteiger partial charge in [-0.25, -0.2) is 9.78 Å². The lowest BCUT2D eigenvalue weighted by molar-refractivity contribution is -0.139. The lowest BCUT2D eigenvalue weighted by atomic mass is 10.1. The third-order valence-corrected chi connectivity index (χ3v) is 3.43. The first-order valence-corrected chi connectivity index (χ1v) is 6.62. The van der Waals surface area contributed by atoms with Gasteiger partial charge in [-0.05, 0) is 30.7 Å². The predicted molar refractivity (Wildman–Crippen MR) is 77.4 cm³/mol. The minimum atomic E-state index is -1.11. The number of nitrogens with one attached hydrogen (secondary N) is 2. The highest BCUT2D eigenvalue weighted by Crippen LogP contribution is 2.16. The Balaban J connectivity index is 2.10.